The van der Waals surface area contributed by atoms with Gasteiger partial charge in [-0.1, -0.05) is 6.92 Å². The zero-order chi connectivity index (χ0) is 14.6. The van der Waals surface area contributed by atoms with Crippen LogP contribution in [-0.2, 0) is 4.79 Å². The number of aliphatic carboxylic acids is 1. The highest BCUT2D eigenvalue weighted by Gasteiger charge is 2.36. The van der Waals surface area contributed by atoms with Crippen molar-refractivity contribution < 1.29 is 27.9 Å². The molecule has 0 spiro atoms. The zero-order valence-corrected chi connectivity index (χ0v) is 11.1. The molecule has 0 aliphatic carbocycles. The van der Waals surface area contributed by atoms with Crippen molar-refractivity contribution in [2.24, 2.45) is 0 Å². The van der Waals surface area contributed by atoms with Gasteiger partial charge in [0.2, 0.25) is 0 Å². The van der Waals surface area contributed by atoms with Crippen LogP contribution in [0.1, 0.15) is 6.92 Å². The van der Waals surface area contributed by atoms with Crippen LogP contribution in [0.3, 0.4) is 0 Å². The molecule has 0 aromatic carbocycles. The molecule has 1 unspecified atom stereocenters. The Labute approximate surface area is 112 Å². The first-order valence-electron chi connectivity index (χ1n) is 5.63. The fourth-order valence-electron chi connectivity index (χ4n) is 1.76. The van der Waals surface area contributed by atoms with Gasteiger partial charge >= 0.3 is 18.2 Å². The van der Waals surface area contributed by atoms with E-state index in [2.05, 4.69) is 0 Å². The number of urea groups is 1. The smallest absolute Gasteiger partial charge is 0.406 e. The Morgan fingerprint density at radius 1 is 1.47 bits per heavy atom. The van der Waals surface area contributed by atoms with Crippen LogP contribution >= 0.6 is 11.8 Å². The SMILES string of the molecule is CC1CN(C(=O)N(CC(=O)O)CC(F)(F)F)CCS1. The number of hydrogen-bond acceptors (Lipinski definition) is 3. The van der Waals surface area contributed by atoms with E-state index >= 15 is 0 Å². The van der Waals surface area contributed by atoms with Gasteiger partial charge in [0.25, 0.3) is 0 Å². The van der Waals surface area contributed by atoms with E-state index in [9.17, 15) is 22.8 Å². The van der Waals surface area contributed by atoms with E-state index in [0.717, 1.165) is 0 Å². The van der Waals surface area contributed by atoms with Crippen molar-refractivity contribution in [3.05, 3.63) is 0 Å². The third kappa shape index (κ3) is 5.58. The molecule has 0 radical (unpaired) electrons. The lowest BCUT2D eigenvalue weighted by Crippen LogP contribution is -2.52. The van der Waals surface area contributed by atoms with Gasteiger partial charge in [0.15, 0.2) is 0 Å². The van der Waals surface area contributed by atoms with E-state index in [-0.39, 0.29) is 5.25 Å². The minimum atomic E-state index is -4.61. The molecule has 5 nitrogen and oxygen atoms in total. The molecule has 1 atom stereocenters. The fraction of sp³-hybridized carbons (Fsp3) is 0.800. The highest BCUT2D eigenvalue weighted by molar-refractivity contribution is 7.99. The zero-order valence-electron chi connectivity index (χ0n) is 10.3. The van der Waals surface area contributed by atoms with Crippen LogP contribution in [0.2, 0.25) is 0 Å². The molecule has 1 aliphatic rings. The molecule has 9 heteroatoms. The van der Waals surface area contributed by atoms with Crippen LogP contribution in [0.15, 0.2) is 0 Å². The van der Waals surface area contributed by atoms with Crippen molar-refractivity contribution in [2.75, 3.05) is 31.9 Å². The van der Waals surface area contributed by atoms with E-state index in [4.69, 9.17) is 5.11 Å². The van der Waals surface area contributed by atoms with Gasteiger partial charge in [-0.25, -0.2) is 4.79 Å². The number of nitrogens with zero attached hydrogens (tertiary/aromatic N) is 2. The minimum absolute atomic E-state index is 0.135. The number of carboxylic acids is 1. The number of carboxylic acid groups (broad SMARTS) is 1. The van der Waals surface area contributed by atoms with E-state index in [0.29, 0.717) is 23.7 Å². The van der Waals surface area contributed by atoms with Gasteiger partial charge in [0.1, 0.15) is 13.1 Å². The number of amides is 2. The lowest BCUT2D eigenvalue weighted by atomic mass is 10.4. The molecule has 1 rings (SSSR count). The molecule has 1 fully saturated rings. The van der Waals surface area contributed by atoms with Crippen LogP contribution in [-0.4, -0.2) is 70.3 Å². The highest BCUT2D eigenvalue weighted by atomic mass is 32.2. The predicted octanol–water partition coefficient (Wildman–Crippen LogP) is 1.49. The van der Waals surface area contributed by atoms with Gasteiger partial charge in [0, 0.05) is 24.1 Å². The summed E-state index contributed by atoms with van der Waals surface area (Å²) in [6, 6.07) is -0.869. The van der Waals surface area contributed by atoms with E-state index < -0.39 is 31.3 Å². The van der Waals surface area contributed by atoms with Crippen LogP contribution in [0, 0.1) is 0 Å². The van der Waals surface area contributed by atoms with Gasteiger partial charge in [-0.05, 0) is 0 Å². The van der Waals surface area contributed by atoms with Crippen molar-refractivity contribution in [3.63, 3.8) is 0 Å². The Balaban J connectivity index is 2.72. The second-order valence-corrected chi connectivity index (χ2v) is 5.82. The first-order valence-corrected chi connectivity index (χ1v) is 6.68. The second kappa shape index (κ2) is 6.36. The summed E-state index contributed by atoms with van der Waals surface area (Å²) >= 11 is 1.63. The third-order valence-corrected chi connectivity index (χ3v) is 3.61. The summed E-state index contributed by atoms with van der Waals surface area (Å²) in [6.45, 7) is 0.0429. The Hall–Kier alpha value is -1.12. The number of carbonyl (C=O) groups is 2. The molecule has 1 aliphatic heterocycles. The maximum Gasteiger partial charge on any atom is 0.406 e. The molecule has 1 heterocycles. The molecule has 0 aromatic heterocycles. The number of hydrogen-bond donors (Lipinski definition) is 1. The summed E-state index contributed by atoms with van der Waals surface area (Å²) in [6.07, 6.45) is -4.61. The van der Waals surface area contributed by atoms with Gasteiger partial charge in [-0.3, -0.25) is 4.79 Å². The summed E-state index contributed by atoms with van der Waals surface area (Å²) in [5.41, 5.74) is 0. The molecule has 0 bridgehead atoms. The van der Waals surface area contributed by atoms with Gasteiger partial charge < -0.3 is 14.9 Å². The normalized spacial score (nSPS) is 20.2. The largest absolute Gasteiger partial charge is 0.480 e. The maximum absolute atomic E-state index is 12.4. The number of rotatable bonds is 3. The number of halogens is 3. The quantitative estimate of drug-likeness (QED) is 0.858. The van der Waals surface area contributed by atoms with Crippen LogP contribution in [0.4, 0.5) is 18.0 Å². The summed E-state index contributed by atoms with van der Waals surface area (Å²) in [5, 5.41) is 8.73. The highest BCUT2D eigenvalue weighted by Crippen LogP contribution is 2.21. The predicted molar refractivity (Wildman–Crippen MR) is 64.2 cm³/mol. The Kier molecular flexibility index (Phi) is 5.33. The van der Waals surface area contributed by atoms with Crippen molar-refractivity contribution in [1.82, 2.24) is 9.80 Å². The molecular weight excluding hydrogens is 285 g/mol. The van der Waals surface area contributed by atoms with Gasteiger partial charge in [-0.2, -0.15) is 24.9 Å². The van der Waals surface area contributed by atoms with Gasteiger partial charge in [-0.15, -0.1) is 0 Å². The monoisotopic (exact) mass is 300 g/mol. The van der Waals surface area contributed by atoms with Crippen LogP contribution < -0.4 is 0 Å². The number of carbonyl (C=O) groups excluding carboxylic acids is 1. The fourth-order valence-corrected chi connectivity index (χ4v) is 2.78. The second-order valence-electron chi connectivity index (χ2n) is 4.27. The van der Waals surface area contributed by atoms with Crippen molar-refractivity contribution >= 4 is 23.8 Å². The summed E-state index contributed by atoms with van der Waals surface area (Å²) in [4.78, 5) is 24.1. The topological polar surface area (TPSA) is 60.9 Å². The molecule has 0 aromatic rings. The maximum atomic E-state index is 12.4. The molecule has 19 heavy (non-hydrogen) atoms. The Morgan fingerprint density at radius 2 is 2.11 bits per heavy atom. The summed E-state index contributed by atoms with van der Waals surface area (Å²) in [7, 11) is 0. The average molecular weight is 300 g/mol. The molecule has 2 amide bonds. The van der Waals surface area contributed by atoms with Crippen LogP contribution in [0.5, 0.6) is 0 Å². The number of thioether (sulfide) groups is 1. The van der Waals surface area contributed by atoms with E-state index in [1.165, 1.54) is 4.90 Å². The average Bonchev–Trinajstić information content (AvgIpc) is 2.24. The Morgan fingerprint density at radius 3 is 2.58 bits per heavy atom. The minimum Gasteiger partial charge on any atom is -0.480 e. The molecule has 0 saturated carbocycles. The van der Waals surface area contributed by atoms with E-state index in [1.54, 1.807) is 11.8 Å². The van der Waals surface area contributed by atoms with Crippen molar-refractivity contribution in [3.8, 4) is 0 Å². The van der Waals surface area contributed by atoms with E-state index in [1.807, 2.05) is 6.92 Å². The standard InChI is InChI=1S/C10H15F3N2O3S/c1-7-4-14(2-3-19-7)9(18)15(5-8(16)17)6-10(11,12)13/h7H,2-6H2,1H3,(H,16,17). The first-order chi connectivity index (χ1) is 8.69. The molecular formula is C10H15F3N2O3S. The lowest BCUT2D eigenvalue weighted by Gasteiger charge is -2.34. The third-order valence-electron chi connectivity index (χ3n) is 2.48. The van der Waals surface area contributed by atoms with Gasteiger partial charge in [0.05, 0.1) is 0 Å². The molecule has 1 saturated heterocycles. The molecule has 110 valence electrons. The Bertz CT molecular complexity index is 351. The number of alkyl halides is 3. The van der Waals surface area contributed by atoms with Crippen molar-refractivity contribution in [2.45, 2.75) is 18.3 Å². The lowest BCUT2D eigenvalue weighted by molar-refractivity contribution is -0.149. The summed E-state index contributed by atoms with van der Waals surface area (Å²) in [5.74, 6) is -0.822. The molecule has 1 N–H and O–H groups in total. The van der Waals surface area contributed by atoms with Crippen molar-refractivity contribution in [1.29, 1.82) is 0 Å². The van der Waals surface area contributed by atoms with Crippen LogP contribution in [0.25, 0.3) is 0 Å². The summed E-state index contributed by atoms with van der Waals surface area (Å²) < 4.78 is 37.1. The first kappa shape index (κ1) is 15.9.